The normalized spacial score (nSPS) is 13.1. The molecule has 0 heterocycles. The van der Waals surface area contributed by atoms with Crippen LogP contribution < -0.4 is 0 Å². The molecule has 2 unspecified atom stereocenters. The predicted molar refractivity (Wildman–Crippen MR) is 114 cm³/mol. The number of hydrogen-bond donors (Lipinski definition) is 1. The van der Waals surface area contributed by atoms with Crippen molar-refractivity contribution in [2.24, 2.45) is 0 Å². The Hall–Kier alpha value is -0.670. The molecule has 29 heavy (non-hydrogen) atoms. The van der Waals surface area contributed by atoms with E-state index in [4.69, 9.17) is 9.47 Å². The van der Waals surface area contributed by atoms with Gasteiger partial charge in [0.2, 0.25) is 0 Å². The van der Waals surface area contributed by atoms with Crippen LogP contribution in [0.3, 0.4) is 0 Å². The second-order valence-corrected chi connectivity index (χ2v) is 8.36. The molecular formula is C20H32CaO7S. The maximum absolute atomic E-state index is 12.4. The van der Waals surface area contributed by atoms with Crippen LogP contribution in [0.1, 0.15) is 86.9 Å². The summed E-state index contributed by atoms with van der Waals surface area (Å²) in [5.74, 6) is -1.52. The molecule has 7 nitrogen and oxygen atoms in total. The van der Waals surface area contributed by atoms with Crippen LogP contribution >= 0.6 is 0 Å². The number of benzene rings is 1. The van der Waals surface area contributed by atoms with Crippen molar-refractivity contribution < 1.29 is 32.0 Å². The molecule has 0 saturated heterocycles. The summed E-state index contributed by atoms with van der Waals surface area (Å²) in [5.41, 5.74) is -0.265. The Balaban J connectivity index is 0.00000784. The molecule has 162 valence electrons. The Morgan fingerprint density at radius 3 is 1.59 bits per heavy atom. The zero-order valence-electron chi connectivity index (χ0n) is 16.9. The van der Waals surface area contributed by atoms with Gasteiger partial charge in [0.05, 0.1) is 28.2 Å². The van der Waals surface area contributed by atoms with Gasteiger partial charge in [0.1, 0.15) is 0 Å². The van der Waals surface area contributed by atoms with E-state index in [9.17, 15) is 22.6 Å². The van der Waals surface area contributed by atoms with Gasteiger partial charge in [-0.05, 0) is 44.9 Å². The number of carbonyl (C=O) groups excluding carboxylic acids is 2. The molecule has 0 aliphatic carbocycles. The van der Waals surface area contributed by atoms with E-state index in [2.05, 4.69) is 0 Å². The third-order valence-electron chi connectivity index (χ3n) is 4.22. The van der Waals surface area contributed by atoms with Crippen molar-refractivity contribution in [1.82, 2.24) is 0 Å². The zero-order chi connectivity index (χ0) is 21.3. The summed E-state index contributed by atoms with van der Waals surface area (Å²) >= 11 is 0. The summed E-state index contributed by atoms with van der Waals surface area (Å²) in [4.78, 5) is 24.2. The molecule has 0 saturated carbocycles. The van der Waals surface area contributed by atoms with Crippen molar-refractivity contribution in [1.29, 1.82) is 0 Å². The Morgan fingerprint density at radius 1 is 0.897 bits per heavy atom. The van der Waals surface area contributed by atoms with Crippen LogP contribution in [-0.4, -0.2) is 74.9 Å². The van der Waals surface area contributed by atoms with Crippen molar-refractivity contribution in [3.8, 4) is 0 Å². The first kappa shape index (κ1) is 28.3. The summed E-state index contributed by atoms with van der Waals surface area (Å²) in [7, 11) is -4.62. The van der Waals surface area contributed by atoms with E-state index in [0.29, 0.717) is 12.8 Å². The van der Waals surface area contributed by atoms with Crippen molar-refractivity contribution >= 4 is 59.8 Å². The quantitative estimate of drug-likeness (QED) is 0.308. The average Bonchev–Trinajstić information content (AvgIpc) is 2.63. The van der Waals surface area contributed by atoms with E-state index < -0.39 is 27.0 Å². The standard InChI is InChI=1S/C20H30O7S.Ca.2H/c1-5-7-9-14(3)26-19(21)16-11-17(13-18(12-16)28(23,24)25)20(22)27-15(4)10-8-6-2;;;/h11-15H,5-10H2,1-4H3,(H,23,24,25);;;. The molecule has 2 atom stereocenters. The monoisotopic (exact) mass is 456 g/mol. The van der Waals surface area contributed by atoms with Gasteiger partial charge in [-0.3, -0.25) is 4.55 Å². The van der Waals surface area contributed by atoms with Crippen LogP contribution in [0.25, 0.3) is 0 Å². The van der Waals surface area contributed by atoms with Crippen LogP contribution in [0, 0.1) is 0 Å². The average molecular weight is 457 g/mol. The van der Waals surface area contributed by atoms with Gasteiger partial charge < -0.3 is 9.47 Å². The fraction of sp³-hybridized carbons (Fsp3) is 0.600. The third-order valence-corrected chi connectivity index (χ3v) is 5.05. The summed E-state index contributed by atoms with van der Waals surface area (Å²) in [5, 5.41) is 0. The number of unbranched alkanes of at least 4 members (excludes halogenated alkanes) is 2. The molecule has 1 aromatic rings. The third kappa shape index (κ3) is 10.3. The zero-order valence-corrected chi connectivity index (χ0v) is 17.8. The number of carbonyl (C=O) groups is 2. The van der Waals surface area contributed by atoms with Crippen molar-refractivity contribution in [2.75, 3.05) is 0 Å². The van der Waals surface area contributed by atoms with Crippen LogP contribution in [0.2, 0.25) is 0 Å². The SMILES string of the molecule is CCCCC(C)OC(=O)c1cc(C(=O)OC(C)CCCC)cc(S(=O)(=O)O)c1.[CaH2]. The van der Waals surface area contributed by atoms with Gasteiger partial charge in [0.15, 0.2) is 0 Å². The summed E-state index contributed by atoms with van der Waals surface area (Å²) in [6, 6.07) is 3.20. The Morgan fingerprint density at radius 2 is 1.28 bits per heavy atom. The van der Waals surface area contributed by atoms with E-state index >= 15 is 0 Å². The van der Waals surface area contributed by atoms with Crippen LogP contribution in [-0.2, 0) is 19.6 Å². The first-order valence-corrected chi connectivity index (χ1v) is 11.1. The molecule has 0 radical (unpaired) electrons. The van der Waals surface area contributed by atoms with Gasteiger partial charge in [-0.25, -0.2) is 9.59 Å². The molecule has 9 heteroatoms. The van der Waals surface area contributed by atoms with Gasteiger partial charge in [-0.2, -0.15) is 8.42 Å². The fourth-order valence-corrected chi connectivity index (χ4v) is 3.14. The topological polar surface area (TPSA) is 107 Å². The number of esters is 2. The number of rotatable bonds is 11. The molecule has 1 aromatic carbocycles. The minimum atomic E-state index is -4.62. The summed E-state index contributed by atoms with van der Waals surface area (Å²) in [6.07, 6.45) is 4.30. The molecule has 0 bridgehead atoms. The Labute approximate surface area is 203 Å². The summed E-state index contributed by atoms with van der Waals surface area (Å²) in [6.45, 7) is 7.52. The van der Waals surface area contributed by atoms with E-state index in [-0.39, 0.29) is 61.1 Å². The second-order valence-electron chi connectivity index (χ2n) is 6.94. The van der Waals surface area contributed by atoms with Crippen LogP contribution in [0.5, 0.6) is 0 Å². The fourth-order valence-electron chi connectivity index (χ4n) is 2.59. The second kappa shape index (κ2) is 13.6. The number of hydrogen-bond acceptors (Lipinski definition) is 6. The summed E-state index contributed by atoms with van der Waals surface area (Å²) < 4.78 is 43.1. The molecule has 0 spiro atoms. The molecule has 0 aliphatic rings. The molecule has 0 aromatic heterocycles. The molecule has 0 aliphatic heterocycles. The first-order valence-electron chi connectivity index (χ1n) is 9.63. The van der Waals surface area contributed by atoms with Gasteiger partial charge >= 0.3 is 49.7 Å². The van der Waals surface area contributed by atoms with Crippen molar-refractivity contribution in [3.05, 3.63) is 29.3 Å². The number of ether oxygens (including phenoxy) is 2. The molecule has 1 rings (SSSR count). The molecule has 0 fully saturated rings. The minimum absolute atomic E-state index is 0. The maximum atomic E-state index is 12.4. The van der Waals surface area contributed by atoms with E-state index in [1.54, 1.807) is 13.8 Å². The van der Waals surface area contributed by atoms with Crippen molar-refractivity contribution in [2.45, 2.75) is 83.3 Å². The molecule has 0 amide bonds. The van der Waals surface area contributed by atoms with E-state index in [1.807, 2.05) is 13.8 Å². The first-order chi connectivity index (χ1) is 13.1. The van der Waals surface area contributed by atoms with E-state index in [1.165, 1.54) is 6.07 Å². The van der Waals surface area contributed by atoms with E-state index in [0.717, 1.165) is 37.8 Å². The predicted octanol–water partition coefficient (Wildman–Crippen LogP) is 3.49. The van der Waals surface area contributed by atoms with Gasteiger partial charge in [0.25, 0.3) is 10.1 Å². The van der Waals surface area contributed by atoms with Crippen LogP contribution in [0.15, 0.2) is 23.1 Å². The molecular weight excluding hydrogens is 424 g/mol. The van der Waals surface area contributed by atoms with Crippen molar-refractivity contribution in [3.63, 3.8) is 0 Å². The Kier molecular flexibility index (Phi) is 13.3. The molecule has 1 N–H and O–H groups in total. The van der Waals surface area contributed by atoms with Gasteiger partial charge in [-0.15, -0.1) is 0 Å². The Bertz CT molecular complexity index is 731. The van der Waals surface area contributed by atoms with Gasteiger partial charge in [0, 0.05) is 0 Å². The van der Waals surface area contributed by atoms with Crippen LogP contribution in [0.4, 0.5) is 0 Å². The van der Waals surface area contributed by atoms with Gasteiger partial charge in [-0.1, -0.05) is 39.5 Å².